The summed E-state index contributed by atoms with van der Waals surface area (Å²) in [6.07, 6.45) is 1.25. The van der Waals surface area contributed by atoms with Crippen molar-refractivity contribution in [3.05, 3.63) is 35.6 Å². The lowest BCUT2D eigenvalue weighted by atomic mass is 10.3. The molecule has 1 heterocycles. The molecule has 0 bridgehead atoms. The fourth-order valence-electron chi connectivity index (χ4n) is 1.22. The van der Waals surface area contributed by atoms with E-state index in [0.717, 1.165) is 0 Å². The number of nitrogens with two attached hydrogens (primary N) is 1. The van der Waals surface area contributed by atoms with Gasteiger partial charge in [-0.15, -0.1) is 0 Å². The zero-order valence-electron chi connectivity index (χ0n) is 8.42. The Bertz CT molecular complexity index is 625. The minimum atomic E-state index is -3.79. The van der Waals surface area contributed by atoms with Gasteiger partial charge in [0.05, 0.1) is 5.69 Å². The smallest absolute Gasteiger partial charge is 0.265 e. The molecule has 0 radical (unpaired) electrons. The molecule has 90 valence electrons. The number of aromatic nitrogens is 1. The molecule has 8 heteroatoms. The highest BCUT2D eigenvalue weighted by molar-refractivity contribution is 7.92. The van der Waals surface area contributed by atoms with Crippen molar-refractivity contribution in [1.82, 2.24) is 5.16 Å². The molecule has 6 nitrogen and oxygen atoms in total. The highest BCUT2D eigenvalue weighted by Crippen LogP contribution is 2.24. The Morgan fingerprint density at radius 1 is 1.35 bits per heavy atom. The van der Waals surface area contributed by atoms with Crippen molar-refractivity contribution >= 4 is 33.1 Å². The molecule has 0 aliphatic carbocycles. The minimum Gasteiger partial charge on any atom is -0.398 e. The maximum atomic E-state index is 11.9. The van der Waals surface area contributed by atoms with Crippen LogP contribution in [0.3, 0.4) is 0 Å². The highest BCUT2D eigenvalue weighted by atomic mass is 35.5. The summed E-state index contributed by atoms with van der Waals surface area (Å²) in [6, 6.07) is 5.50. The molecular weight excluding hydrogens is 266 g/mol. The maximum Gasteiger partial charge on any atom is 0.265 e. The van der Waals surface area contributed by atoms with Crippen molar-refractivity contribution in [2.45, 2.75) is 4.90 Å². The summed E-state index contributed by atoms with van der Waals surface area (Å²) in [4.78, 5) is -0.0649. The number of halogens is 1. The number of nitrogen functional groups attached to an aromatic ring is 1. The number of hydrogen-bond donors (Lipinski definition) is 2. The molecule has 3 N–H and O–H groups in total. The molecule has 2 aromatic rings. The van der Waals surface area contributed by atoms with Gasteiger partial charge in [-0.3, -0.25) is 4.72 Å². The normalized spacial score (nSPS) is 11.4. The molecule has 1 aromatic carbocycles. The van der Waals surface area contributed by atoms with Gasteiger partial charge < -0.3 is 10.3 Å². The molecule has 0 fully saturated rings. The van der Waals surface area contributed by atoms with Crippen molar-refractivity contribution in [1.29, 1.82) is 0 Å². The SMILES string of the molecule is Nc1cc(Cl)ccc1S(=O)(=O)Nc1ccon1. The molecule has 0 saturated heterocycles. The van der Waals surface area contributed by atoms with Crippen molar-refractivity contribution in [3.8, 4) is 0 Å². The summed E-state index contributed by atoms with van der Waals surface area (Å²) in [6.45, 7) is 0. The first-order valence-electron chi connectivity index (χ1n) is 4.47. The number of nitrogens with one attached hydrogen (secondary N) is 1. The van der Waals surface area contributed by atoms with Crippen LogP contribution in [-0.2, 0) is 10.0 Å². The van der Waals surface area contributed by atoms with E-state index in [1.807, 2.05) is 0 Å². The summed E-state index contributed by atoms with van der Waals surface area (Å²) in [5.74, 6) is 0.0827. The van der Waals surface area contributed by atoms with E-state index in [9.17, 15) is 8.42 Å². The van der Waals surface area contributed by atoms with Gasteiger partial charge in [0.1, 0.15) is 11.2 Å². The lowest BCUT2D eigenvalue weighted by Gasteiger charge is -2.07. The lowest BCUT2D eigenvalue weighted by molar-refractivity contribution is 0.423. The first-order chi connectivity index (χ1) is 7.99. The van der Waals surface area contributed by atoms with Gasteiger partial charge in [0.15, 0.2) is 5.82 Å². The summed E-state index contributed by atoms with van der Waals surface area (Å²) < 4.78 is 30.6. The molecule has 0 spiro atoms. The van der Waals surface area contributed by atoms with Gasteiger partial charge in [0.2, 0.25) is 0 Å². The molecule has 0 atom stereocenters. The second kappa shape index (κ2) is 4.27. The van der Waals surface area contributed by atoms with Crippen LogP contribution < -0.4 is 10.5 Å². The third kappa shape index (κ3) is 2.51. The fraction of sp³-hybridized carbons (Fsp3) is 0. The van der Waals surface area contributed by atoms with Crippen molar-refractivity contribution in [2.75, 3.05) is 10.5 Å². The molecule has 0 unspecified atom stereocenters. The Morgan fingerprint density at radius 2 is 2.12 bits per heavy atom. The summed E-state index contributed by atoms with van der Waals surface area (Å²) >= 11 is 5.69. The van der Waals surface area contributed by atoms with E-state index in [2.05, 4.69) is 14.4 Å². The Hall–Kier alpha value is -1.73. The zero-order chi connectivity index (χ0) is 12.5. The summed E-state index contributed by atoms with van der Waals surface area (Å²) in [7, 11) is -3.79. The Morgan fingerprint density at radius 3 is 2.71 bits per heavy atom. The number of rotatable bonds is 3. The standard InChI is InChI=1S/C9H8ClN3O3S/c10-6-1-2-8(7(11)5-6)17(14,15)13-9-3-4-16-12-9/h1-5H,11H2,(H,12,13). The van der Waals surface area contributed by atoms with E-state index in [0.29, 0.717) is 5.02 Å². The Kier molecular flexibility index (Phi) is 2.95. The number of nitrogens with zero attached hydrogens (tertiary/aromatic N) is 1. The predicted octanol–water partition coefficient (Wildman–Crippen LogP) is 1.71. The van der Waals surface area contributed by atoms with Crippen LogP contribution in [0.15, 0.2) is 39.9 Å². The predicted molar refractivity (Wildman–Crippen MR) is 63.2 cm³/mol. The van der Waals surface area contributed by atoms with Gasteiger partial charge >= 0.3 is 0 Å². The van der Waals surface area contributed by atoms with E-state index in [1.165, 1.54) is 30.5 Å². The number of hydrogen-bond acceptors (Lipinski definition) is 5. The molecule has 0 saturated carbocycles. The maximum absolute atomic E-state index is 11.9. The Balaban J connectivity index is 2.38. The van der Waals surface area contributed by atoms with E-state index in [1.54, 1.807) is 0 Å². The summed E-state index contributed by atoms with van der Waals surface area (Å²) in [5.41, 5.74) is 5.65. The van der Waals surface area contributed by atoms with Gasteiger partial charge in [-0.05, 0) is 18.2 Å². The topological polar surface area (TPSA) is 98.2 Å². The van der Waals surface area contributed by atoms with E-state index >= 15 is 0 Å². The lowest BCUT2D eigenvalue weighted by Crippen LogP contribution is -2.14. The van der Waals surface area contributed by atoms with Gasteiger partial charge in [-0.1, -0.05) is 16.8 Å². The quantitative estimate of drug-likeness (QED) is 0.830. The number of sulfonamides is 1. The first kappa shape index (κ1) is 11.7. The van der Waals surface area contributed by atoms with Crippen molar-refractivity contribution < 1.29 is 12.9 Å². The molecule has 2 rings (SSSR count). The van der Waals surface area contributed by atoms with Crippen molar-refractivity contribution in [3.63, 3.8) is 0 Å². The molecule has 17 heavy (non-hydrogen) atoms. The Labute approximate surface area is 102 Å². The van der Waals surface area contributed by atoms with E-state index in [4.69, 9.17) is 17.3 Å². The van der Waals surface area contributed by atoms with Crippen LogP contribution in [0.25, 0.3) is 0 Å². The minimum absolute atomic E-state index is 0.0634. The average Bonchev–Trinajstić information content (AvgIpc) is 2.68. The number of benzene rings is 1. The van der Waals surface area contributed by atoms with Crippen LogP contribution in [0.5, 0.6) is 0 Å². The van der Waals surface area contributed by atoms with Gasteiger partial charge in [0, 0.05) is 11.1 Å². The molecule has 0 aliphatic heterocycles. The second-order valence-electron chi connectivity index (χ2n) is 3.17. The van der Waals surface area contributed by atoms with Crippen LogP contribution in [-0.4, -0.2) is 13.6 Å². The van der Waals surface area contributed by atoms with Crippen LogP contribution >= 0.6 is 11.6 Å². The molecule has 1 aromatic heterocycles. The van der Waals surface area contributed by atoms with Crippen LogP contribution in [0, 0.1) is 0 Å². The van der Waals surface area contributed by atoms with Gasteiger partial charge in [-0.2, -0.15) is 0 Å². The van der Waals surface area contributed by atoms with Crippen LogP contribution in [0.4, 0.5) is 11.5 Å². The number of anilines is 2. The third-order valence-electron chi connectivity index (χ3n) is 1.94. The average molecular weight is 274 g/mol. The van der Waals surface area contributed by atoms with Gasteiger partial charge in [0.25, 0.3) is 10.0 Å². The largest absolute Gasteiger partial charge is 0.398 e. The van der Waals surface area contributed by atoms with E-state index in [-0.39, 0.29) is 16.4 Å². The van der Waals surface area contributed by atoms with Crippen LogP contribution in [0.2, 0.25) is 5.02 Å². The molecule has 0 amide bonds. The van der Waals surface area contributed by atoms with E-state index < -0.39 is 10.0 Å². The summed E-state index contributed by atoms with van der Waals surface area (Å²) in [5, 5.41) is 3.81. The van der Waals surface area contributed by atoms with Crippen LogP contribution in [0.1, 0.15) is 0 Å². The van der Waals surface area contributed by atoms with Crippen molar-refractivity contribution in [2.24, 2.45) is 0 Å². The second-order valence-corrected chi connectivity index (χ2v) is 5.26. The van der Waals surface area contributed by atoms with Gasteiger partial charge in [-0.25, -0.2) is 8.42 Å². The first-order valence-corrected chi connectivity index (χ1v) is 6.33. The zero-order valence-corrected chi connectivity index (χ0v) is 9.99. The fourth-order valence-corrected chi connectivity index (χ4v) is 2.51. The highest BCUT2D eigenvalue weighted by Gasteiger charge is 2.18. The molecular formula is C9H8ClN3O3S. The monoisotopic (exact) mass is 273 g/mol. The third-order valence-corrected chi connectivity index (χ3v) is 3.60. The molecule has 0 aliphatic rings.